The van der Waals surface area contributed by atoms with Gasteiger partial charge in [-0.15, -0.1) is 0 Å². The lowest BCUT2D eigenvalue weighted by Gasteiger charge is -2.27. The molecule has 170 valence electrons. The normalized spacial score (nSPS) is 15.8. The Hall–Kier alpha value is -3.20. The number of guanidine groups is 1. The second-order valence-electron chi connectivity index (χ2n) is 7.97. The van der Waals surface area contributed by atoms with Crippen molar-refractivity contribution in [3.63, 3.8) is 0 Å². The van der Waals surface area contributed by atoms with Gasteiger partial charge in [-0.05, 0) is 38.4 Å². The lowest BCUT2D eigenvalue weighted by atomic mass is 10.1. The zero-order valence-electron chi connectivity index (χ0n) is 19.0. The second-order valence-corrected chi connectivity index (χ2v) is 7.97. The first-order valence-corrected chi connectivity index (χ1v) is 11.4. The molecule has 9 nitrogen and oxygen atoms in total. The molecule has 32 heavy (non-hydrogen) atoms. The molecule has 1 aliphatic heterocycles. The van der Waals surface area contributed by atoms with Crippen LogP contribution in [0, 0.1) is 0 Å². The summed E-state index contributed by atoms with van der Waals surface area (Å²) < 4.78 is 1.75. The quantitative estimate of drug-likeness (QED) is 0.269. The summed E-state index contributed by atoms with van der Waals surface area (Å²) in [6.07, 6.45) is 5.89. The number of benzene rings is 1. The van der Waals surface area contributed by atoms with Gasteiger partial charge in [-0.2, -0.15) is 5.10 Å². The number of aromatic nitrogens is 4. The Bertz CT molecular complexity index is 1010. The Morgan fingerprint density at radius 3 is 2.69 bits per heavy atom. The third kappa shape index (κ3) is 5.34. The molecule has 0 radical (unpaired) electrons. The van der Waals surface area contributed by atoms with E-state index < -0.39 is 0 Å². The smallest absolute Gasteiger partial charge is 0.191 e. The van der Waals surface area contributed by atoms with Gasteiger partial charge in [0.15, 0.2) is 11.6 Å². The Morgan fingerprint density at radius 2 is 1.91 bits per heavy atom. The van der Waals surface area contributed by atoms with Crippen molar-refractivity contribution in [1.29, 1.82) is 0 Å². The SMILES string of the molecule is CCNC(=NCC(c1ccccc1)N1CCCC1)NCCNc1ncnc2c1cnn2C. The minimum absolute atomic E-state index is 0.312. The van der Waals surface area contributed by atoms with Gasteiger partial charge in [-0.25, -0.2) is 9.97 Å². The third-order valence-corrected chi connectivity index (χ3v) is 5.77. The topological polar surface area (TPSA) is 95.3 Å². The first kappa shape index (κ1) is 22.0. The second kappa shape index (κ2) is 10.9. The molecule has 1 aromatic carbocycles. The van der Waals surface area contributed by atoms with E-state index in [1.54, 1.807) is 17.2 Å². The predicted molar refractivity (Wildman–Crippen MR) is 129 cm³/mol. The fourth-order valence-corrected chi connectivity index (χ4v) is 4.14. The molecule has 0 amide bonds. The highest BCUT2D eigenvalue weighted by Gasteiger charge is 2.23. The van der Waals surface area contributed by atoms with Crippen LogP contribution in [-0.4, -0.2) is 69.9 Å². The minimum atomic E-state index is 0.312. The number of hydrogen-bond donors (Lipinski definition) is 3. The van der Waals surface area contributed by atoms with Crippen LogP contribution in [0.3, 0.4) is 0 Å². The summed E-state index contributed by atoms with van der Waals surface area (Å²) in [5.74, 6) is 1.63. The summed E-state index contributed by atoms with van der Waals surface area (Å²) in [4.78, 5) is 16.1. The number of likely N-dealkylation sites (tertiary alicyclic amines) is 1. The van der Waals surface area contributed by atoms with Gasteiger partial charge in [0, 0.05) is 26.7 Å². The van der Waals surface area contributed by atoms with Crippen molar-refractivity contribution < 1.29 is 0 Å². The van der Waals surface area contributed by atoms with E-state index in [0.717, 1.165) is 55.5 Å². The molecule has 3 heterocycles. The van der Waals surface area contributed by atoms with Gasteiger partial charge in [0.2, 0.25) is 0 Å². The van der Waals surface area contributed by atoms with Crippen LogP contribution >= 0.6 is 0 Å². The minimum Gasteiger partial charge on any atom is -0.368 e. The molecule has 0 bridgehead atoms. The van der Waals surface area contributed by atoms with Crippen LogP contribution in [0.15, 0.2) is 47.8 Å². The number of hydrogen-bond acceptors (Lipinski definition) is 6. The maximum atomic E-state index is 4.92. The van der Waals surface area contributed by atoms with E-state index in [4.69, 9.17) is 4.99 Å². The highest BCUT2D eigenvalue weighted by Crippen LogP contribution is 2.25. The van der Waals surface area contributed by atoms with Crippen molar-refractivity contribution in [3.05, 3.63) is 48.4 Å². The summed E-state index contributed by atoms with van der Waals surface area (Å²) in [6.45, 7) is 7.35. The lowest BCUT2D eigenvalue weighted by Crippen LogP contribution is -2.40. The summed E-state index contributed by atoms with van der Waals surface area (Å²) in [6, 6.07) is 11.0. The molecule has 1 atom stereocenters. The number of nitrogens with one attached hydrogen (secondary N) is 3. The molecule has 3 N–H and O–H groups in total. The van der Waals surface area contributed by atoms with Crippen molar-refractivity contribution in [2.24, 2.45) is 12.0 Å². The Balaban J connectivity index is 1.35. The summed E-state index contributed by atoms with van der Waals surface area (Å²) in [5, 5.41) is 15.4. The summed E-state index contributed by atoms with van der Waals surface area (Å²) >= 11 is 0. The van der Waals surface area contributed by atoms with Gasteiger partial charge in [0.25, 0.3) is 0 Å². The van der Waals surface area contributed by atoms with Gasteiger partial charge >= 0.3 is 0 Å². The lowest BCUT2D eigenvalue weighted by molar-refractivity contribution is 0.251. The monoisotopic (exact) mass is 435 g/mol. The van der Waals surface area contributed by atoms with Crippen molar-refractivity contribution in [2.45, 2.75) is 25.8 Å². The molecule has 0 saturated carbocycles. The van der Waals surface area contributed by atoms with Gasteiger partial charge < -0.3 is 16.0 Å². The van der Waals surface area contributed by atoms with E-state index in [0.29, 0.717) is 12.6 Å². The van der Waals surface area contributed by atoms with Gasteiger partial charge in [0.1, 0.15) is 12.1 Å². The largest absolute Gasteiger partial charge is 0.368 e. The molecular weight excluding hydrogens is 402 g/mol. The van der Waals surface area contributed by atoms with Crippen LogP contribution in [0.1, 0.15) is 31.4 Å². The number of fused-ring (bicyclic) bond motifs is 1. The van der Waals surface area contributed by atoms with Crippen LogP contribution in [0.25, 0.3) is 11.0 Å². The Kier molecular flexibility index (Phi) is 7.50. The van der Waals surface area contributed by atoms with E-state index in [9.17, 15) is 0 Å². The molecule has 9 heteroatoms. The molecule has 1 unspecified atom stereocenters. The highest BCUT2D eigenvalue weighted by molar-refractivity contribution is 5.86. The van der Waals surface area contributed by atoms with Crippen molar-refractivity contribution in [3.8, 4) is 0 Å². The molecule has 2 aromatic heterocycles. The number of nitrogens with zero attached hydrogens (tertiary/aromatic N) is 6. The fraction of sp³-hybridized carbons (Fsp3) is 0.478. The van der Waals surface area contributed by atoms with Gasteiger partial charge in [-0.3, -0.25) is 14.6 Å². The molecule has 0 aliphatic carbocycles. The molecule has 4 rings (SSSR count). The average molecular weight is 436 g/mol. The van der Waals surface area contributed by atoms with Crippen LogP contribution in [0.2, 0.25) is 0 Å². The predicted octanol–water partition coefficient (Wildman–Crippen LogP) is 2.17. The zero-order valence-corrected chi connectivity index (χ0v) is 19.0. The number of anilines is 1. The van der Waals surface area contributed by atoms with E-state index in [2.05, 4.69) is 73.2 Å². The highest BCUT2D eigenvalue weighted by atomic mass is 15.3. The van der Waals surface area contributed by atoms with Crippen molar-refractivity contribution in [1.82, 2.24) is 35.3 Å². The Labute approximate surface area is 189 Å². The number of aliphatic imine (C=N–C) groups is 1. The standard InChI is InChI=1S/C23H33N9/c1-3-24-23(26-12-11-25-21-19-15-30-31(2)22(19)29-17-28-21)27-16-20(32-13-7-8-14-32)18-9-5-4-6-10-18/h4-6,9-10,15,17,20H,3,7-8,11-14,16H2,1-2H3,(H2,24,26,27)(H,25,28,29). The van der Waals surface area contributed by atoms with Crippen molar-refractivity contribution in [2.75, 3.05) is 44.6 Å². The van der Waals surface area contributed by atoms with Crippen LogP contribution in [-0.2, 0) is 7.05 Å². The van der Waals surface area contributed by atoms with E-state index in [1.165, 1.54) is 18.4 Å². The van der Waals surface area contributed by atoms with Crippen LogP contribution in [0.4, 0.5) is 5.82 Å². The number of rotatable bonds is 9. The molecule has 1 aliphatic rings. The summed E-state index contributed by atoms with van der Waals surface area (Å²) in [5.41, 5.74) is 2.15. The summed E-state index contributed by atoms with van der Waals surface area (Å²) in [7, 11) is 1.88. The Morgan fingerprint density at radius 1 is 1.09 bits per heavy atom. The maximum Gasteiger partial charge on any atom is 0.191 e. The van der Waals surface area contributed by atoms with Crippen LogP contribution < -0.4 is 16.0 Å². The zero-order chi connectivity index (χ0) is 22.2. The van der Waals surface area contributed by atoms with E-state index in [-0.39, 0.29) is 0 Å². The van der Waals surface area contributed by atoms with Crippen LogP contribution in [0.5, 0.6) is 0 Å². The third-order valence-electron chi connectivity index (χ3n) is 5.77. The van der Waals surface area contributed by atoms with Gasteiger partial charge in [0.05, 0.1) is 24.2 Å². The van der Waals surface area contributed by atoms with E-state index in [1.807, 2.05) is 7.05 Å². The van der Waals surface area contributed by atoms with E-state index >= 15 is 0 Å². The van der Waals surface area contributed by atoms with Gasteiger partial charge in [-0.1, -0.05) is 30.3 Å². The molecule has 1 saturated heterocycles. The van der Waals surface area contributed by atoms with Crippen molar-refractivity contribution >= 4 is 22.8 Å². The molecule has 3 aromatic rings. The average Bonchev–Trinajstić information content (AvgIpc) is 3.48. The molecular formula is C23H33N9. The molecule has 0 spiro atoms. The first-order chi connectivity index (χ1) is 15.8. The maximum absolute atomic E-state index is 4.92. The molecule has 1 fully saturated rings. The fourth-order valence-electron chi connectivity index (χ4n) is 4.14. The number of aryl methyl sites for hydroxylation is 1. The first-order valence-electron chi connectivity index (χ1n) is 11.4.